The van der Waals surface area contributed by atoms with Gasteiger partial charge in [-0.3, -0.25) is 4.90 Å². The third-order valence-electron chi connectivity index (χ3n) is 4.30. The summed E-state index contributed by atoms with van der Waals surface area (Å²) in [6.45, 7) is 5.71. The summed E-state index contributed by atoms with van der Waals surface area (Å²) in [6, 6.07) is 11.0. The Kier molecular flexibility index (Phi) is 4.19. The van der Waals surface area contributed by atoms with Gasteiger partial charge in [0.2, 0.25) is 0 Å². The zero-order valence-electron chi connectivity index (χ0n) is 12.1. The summed E-state index contributed by atoms with van der Waals surface area (Å²) in [7, 11) is 0. The molecule has 0 unspecified atom stereocenters. The first-order valence-corrected chi connectivity index (χ1v) is 7.90. The molecule has 2 aliphatic rings. The molecule has 2 aliphatic carbocycles. The second-order valence-electron chi connectivity index (χ2n) is 6.09. The number of nitrogens with one attached hydrogen (secondary N) is 1. The molecule has 0 radical (unpaired) electrons. The van der Waals surface area contributed by atoms with E-state index in [2.05, 4.69) is 41.4 Å². The number of hydrogen-bond acceptors (Lipinski definition) is 2. The molecule has 1 N–H and O–H groups in total. The van der Waals surface area contributed by atoms with Crippen molar-refractivity contribution < 1.29 is 0 Å². The highest BCUT2D eigenvalue weighted by atomic mass is 15.2. The van der Waals surface area contributed by atoms with Crippen LogP contribution in [0.5, 0.6) is 0 Å². The van der Waals surface area contributed by atoms with Gasteiger partial charge in [-0.25, -0.2) is 0 Å². The molecule has 0 bridgehead atoms. The van der Waals surface area contributed by atoms with E-state index in [9.17, 15) is 0 Å². The van der Waals surface area contributed by atoms with Crippen LogP contribution in [0.3, 0.4) is 0 Å². The van der Waals surface area contributed by atoms with Crippen molar-refractivity contribution in [2.75, 3.05) is 13.1 Å². The van der Waals surface area contributed by atoms with Gasteiger partial charge < -0.3 is 5.32 Å². The van der Waals surface area contributed by atoms with E-state index >= 15 is 0 Å². The Bertz CT molecular complexity index is 390. The molecule has 0 heterocycles. The molecule has 1 aromatic rings. The number of hydrogen-bond donors (Lipinski definition) is 1. The summed E-state index contributed by atoms with van der Waals surface area (Å²) >= 11 is 0. The van der Waals surface area contributed by atoms with E-state index in [0.717, 1.165) is 31.6 Å². The van der Waals surface area contributed by atoms with Gasteiger partial charge >= 0.3 is 0 Å². The molecule has 2 fully saturated rings. The normalized spacial score (nSPS) is 19.1. The van der Waals surface area contributed by atoms with E-state index < -0.39 is 0 Å². The van der Waals surface area contributed by atoms with Gasteiger partial charge in [0.05, 0.1) is 0 Å². The van der Waals surface area contributed by atoms with Crippen LogP contribution < -0.4 is 5.32 Å². The molecule has 2 nitrogen and oxygen atoms in total. The predicted octanol–water partition coefficient (Wildman–Crippen LogP) is 2.97. The second-order valence-corrected chi connectivity index (χ2v) is 6.09. The van der Waals surface area contributed by atoms with Crippen LogP contribution in [0, 0.1) is 0 Å². The van der Waals surface area contributed by atoms with Crippen molar-refractivity contribution in [1.29, 1.82) is 0 Å². The molecule has 19 heavy (non-hydrogen) atoms. The summed E-state index contributed by atoms with van der Waals surface area (Å²) in [5.41, 5.74) is 2.93. The van der Waals surface area contributed by atoms with Crippen LogP contribution in [-0.2, 0) is 13.0 Å². The van der Waals surface area contributed by atoms with Crippen molar-refractivity contribution in [1.82, 2.24) is 10.2 Å². The Hall–Kier alpha value is -0.860. The van der Waals surface area contributed by atoms with Gasteiger partial charge in [0.1, 0.15) is 0 Å². The Morgan fingerprint density at radius 3 is 2.32 bits per heavy atom. The molecule has 0 aliphatic heterocycles. The highest BCUT2D eigenvalue weighted by Crippen LogP contribution is 2.27. The third kappa shape index (κ3) is 4.05. The van der Waals surface area contributed by atoms with Crippen molar-refractivity contribution in [3.05, 3.63) is 35.4 Å². The maximum absolute atomic E-state index is 3.58. The molecule has 3 rings (SSSR count). The summed E-state index contributed by atoms with van der Waals surface area (Å²) < 4.78 is 0. The smallest absolute Gasteiger partial charge is 0.0236 e. The van der Waals surface area contributed by atoms with Crippen LogP contribution in [0.25, 0.3) is 0 Å². The summed E-state index contributed by atoms with van der Waals surface area (Å²) in [6.07, 6.45) is 6.73. The van der Waals surface area contributed by atoms with Gasteiger partial charge in [-0.1, -0.05) is 31.2 Å². The maximum Gasteiger partial charge on any atom is 0.0236 e. The van der Waals surface area contributed by atoms with Crippen LogP contribution in [-0.4, -0.2) is 30.1 Å². The molecule has 1 aromatic carbocycles. The first-order chi connectivity index (χ1) is 9.35. The zero-order chi connectivity index (χ0) is 13.1. The van der Waals surface area contributed by atoms with Gasteiger partial charge in [0.15, 0.2) is 0 Å². The number of benzene rings is 1. The minimum atomic E-state index is 0.830. The Morgan fingerprint density at radius 2 is 1.74 bits per heavy atom. The van der Waals surface area contributed by atoms with E-state index in [1.54, 1.807) is 0 Å². The molecule has 0 spiro atoms. The van der Waals surface area contributed by atoms with Crippen LogP contribution in [0.2, 0.25) is 0 Å². The highest BCUT2D eigenvalue weighted by Gasteiger charge is 2.27. The van der Waals surface area contributed by atoms with Crippen LogP contribution in [0.1, 0.15) is 43.7 Å². The van der Waals surface area contributed by atoms with Gasteiger partial charge in [0.25, 0.3) is 0 Å². The topological polar surface area (TPSA) is 15.3 Å². The van der Waals surface area contributed by atoms with Crippen LogP contribution >= 0.6 is 0 Å². The summed E-state index contributed by atoms with van der Waals surface area (Å²) in [5.74, 6) is 0. The molecule has 0 amide bonds. The van der Waals surface area contributed by atoms with Gasteiger partial charge in [-0.05, 0) is 56.3 Å². The molecule has 104 valence electrons. The number of nitrogens with zero attached hydrogens (tertiary/aromatic N) is 1. The minimum absolute atomic E-state index is 0.830. The molecule has 2 heteroatoms. The fraction of sp³-hybridized carbons (Fsp3) is 0.647. The summed E-state index contributed by atoms with van der Waals surface area (Å²) in [4.78, 5) is 2.60. The molecule has 0 aromatic heterocycles. The van der Waals surface area contributed by atoms with Crippen molar-refractivity contribution in [3.63, 3.8) is 0 Å². The SMILES string of the molecule is CCN(Cc1ccc(CCNC2CC2)cc1)C1CC1. The van der Waals surface area contributed by atoms with Gasteiger partial charge in [0, 0.05) is 18.6 Å². The molecular weight excluding hydrogens is 232 g/mol. The average molecular weight is 258 g/mol. The van der Waals surface area contributed by atoms with Crippen LogP contribution in [0.4, 0.5) is 0 Å². The fourth-order valence-electron chi connectivity index (χ4n) is 2.69. The highest BCUT2D eigenvalue weighted by molar-refractivity contribution is 5.23. The second kappa shape index (κ2) is 6.06. The van der Waals surface area contributed by atoms with Crippen molar-refractivity contribution in [2.45, 2.75) is 57.7 Å². The van der Waals surface area contributed by atoms with E-state index in [1.165, 1.54) is 43.4 Å². The predicted molar refractivity (Wildman–Crippen MR) is 80.3 cm³/mol. The van der Waals surface area contributed by atoms with E-state index in [-0.39, 0.29) is 0 Å². The van der Waals surface area contributed by atoms with E-state index in [4.69, 9.17) is 0 Å². The first kappa shape index (κ1) is 13.1. The molecule has 0 saturated heterocycles. The quantitative estimate of drug-likeness (QED) is 0.771. The van der Waals surface area contributed by atoms with E-state index in [0.29, 0.717) is 0 Å². The largest absolute Gasteiger partial charge is 0.314 e. The zero-order valence-corrected chi connectivity index (χ0v) is 12.1. The van der Waals surface area contributed by atoms with Crippen molar-refractivity contribution >= 4 is 0 Å². The first-order valence-electron chi connectivity index (χ1n) is 7.90. The van der Waals surface area contributed by atoms with E-state index in [1.807, 2.05) is 0 Å². The Balaban J connectivity index is 1.46. The van der Waals surface area contributed by atoms with Crippen molar-refractivity contribution in [3.8, 4) is 0 Å². The van der Waals surface area contributed by atoms with Crippen molar-refractivity contribution in [2.24, 2.45) is 0 Å². The Morgan fingerprint density at radius 1 is 1.05 bits per heavy atom. The number of rotatable bonds is 8. The fourth-order valence-corrected chi connectivity index (χ4v) is 2.69. The standard InChI is InChI=1S/C17H26N2/c1-2-19(17-9-10-17)13-15-5-3-14(4-6-15)11-12-18-16-7-8-16/h3-6,16-18H,2,7-13H2,1H3. The molecular formula is C17H26N2. The van der Waals surface area contributed by atoms with Gasteiger partial charge in [-0.2, -0.15) is 0 Å². The third-order valence-corrected chi connectivity index (χ3v) is 4.30. The monoisotopic (exact) mass is 258 g/mol. The summed E-state index contributed by atoms with van der Waals surface area (Å²) in [5, 5.41) is 3.58. The lowest BCUT2D eigenvalue weighted by Gasteiger charge is -2.19. The average Bonchev–Trinajstić information content (AvgIpc) is 3.30. The lowest BCUT2D eigenvalue weighted by molar-refractivity contribution is 0.269. The Labute approximate surface area is 117 Å². The van der Waals surface area contributed by atoms with Crippen LogP contribution in [0.15, 0.2) is 24.3 Å². The van der Waals surface area contributed by atoms with Gasteiger partial charge in [-0.15, -0.1) is 0 Å². The maximum atomic E-state index is 3.58. The minimum Gasteiger partial charge on any atom is -0.314 e. The lowest BCUT2D eigenvalue weighted by atomic mass is 10.1. The molecule has 2 saturated carbocycles. The molecule has 0 atom stereocenters. The lowest BCUT2D eigenvalue weighted by Crippen LogP contribution is -2.25.